The number of fused-ring (bicyclic) bond motifs is 3. The molecule has 0 unspecified atom stereocenters. The van der Waals surface area contributed by atoms with Crippen molar-refractivity contribution in [3.63, 3.8) is 0 Å². The maximum absolute atomic E-state index is 13.7. The first kappa shape index (κ1) is 25.4. The number of nitrogens with zero attached hydrogens (tertiary/aromatic N) is 3. The van der Waals surface area contributed by atoms with Crippen LogP contribution < -0.4 is 21.1 Å². The summed E-state index contributed by atoms with van der Waals surface area (Å²) >= 11 is 0. The van der Waals surface area contributed by atoms with E-state index in [9.17, 15) is 9.59 Å². The Hall–Kier alpha value is -3.91. The van der Waals surface area contributed by atoms with Gasteiger partial charge in [-0.05, 0) is 88.1 Å². The van der Waals surface area contributed by atoms with Crippen LogP contribution in [0.5, 0.6) is 0 Å². The number of anilines is 1. The molecule has 3 aromatic heterocycles. The molecule has 0 saturated carbocycles. The highest BCUT2D eigenvalue weighted by Gasteiger charge is 2.38. The number of aromatic amines is 1. The summed E-state index contributed by atoms with van der Waals surface area (Å²) in [6.07, 6.45) is 5.21. The Morgan fingerprint density at radius 1 is 1.13 bits per heavy atom. The lowest BCUT2D eigenvalue weighted by Crippen LogP contribution is -2.43. The van der Waals surface area contributed by atoms with E-state index in [1.165, 1.54) is 6.42 Å². The summed E-state index contributed by atoms with van der Waals surface area (Å²) in [6.45, 7) is 12.3. The van der Waals surface area contributed by atoms with E-state index in [0.29, 0.717) is 23.2 Å². The molecule has 2 aliphatic rings. The highest BCUT2D eigenvalue weighted by Crippen LogP contribution is 2.34. The maximum atomic E-state index is 13.7. The molecule has 6 rings (SSSR count). The monoisotopic (exact) mass is 524 g/mol. The number of nitrogens with one attached hydrogen (secondary N) is 3. The van der Waals surface area contributed by atoms with Gasteiger partial charge in [-0.3, -0.25) is 9.59 Å². The van der Waals surface area contributed by atoms with E-state index in [1.54, 1.807) is 0 Å². The van der Waals surface area contributed by atoms with Gasteiger partial charge in [0.25, 0.3) is 11.5 Å². The molecule has 2 atom stereocenters. The second kappa shape index (κ2) is 9.68. The molecule has 8 nitrogen and oxygen atoms in total. The van der Waals surface area contributed by atoms with Crippen LogP contribution in [0.3, 0.4) is 0 Å². The van der Waals surface area contributed by atoms with Crippen LogP contribution in [0.15, 0.2) is 47.5 Å². The Labute approximate surface area is 228 Å². The van der Waals surface area contributed by atoms with Crippen LogP contribution in [0.25, 0.3) is 22.0 Å². The third-order valence-electron chi connectivity index (χ3n) is 8.28. The van der Waals surface area contributed by atoms with E-state index in [2.05, 4.69) is 63.3 Å². The lowest BCUT2D eigenvalue weighted by atomic mass is 9.98. The summed E-state index contributed by atoms with van der Waals surface area (Å²) < 4.78 is 2.22. The van der Waals surface area contributed by atoms with Crippen LogP contribution in [0.2, 0.25) is 0 Å². The van der Waals surface area contributed by atoms with E-state index in [-0.39, 0.29) is 24.1 Å². The zero-order valence-corrected chi connectivity index (χ0v) is 23.3. The van der Waals surface area contributed by atoms with Crippen LogP contribution in [0.4, 0.5) is 5.82 Å². The van der Waals surface area contributed by atoms with E-state index in [0.717, 1.165) is 57.8 Å². The second-order valence-corrected chi connectivity index (χ2v) is 11.4. The molecular weight excluding hydrogens is 488 g/mol. The molecule has 5 heterocycles. The van der Waals surface area contributed by atoms with Gasteiger partial charge in [-0.15, -0.1) is 0 Å². The second-order valence-electron chi connectivity index (χ2n) is 11.4. The first-order chi connectivity index (χ1) is 18.7. The fourth-order valence-corrected chi connectivity index (χ4v) is 6.29. The summed E-state index contributed by atoms with van der Waals surface area (Å²) in [5.74, 6) is 0.808. The Kier molecular flexibility index (Phi) is 6.30. The van der Waals surface area contributed by atoms with Crippen LogP contribution in [-0.4, -0.2) is 45.6 Å². The van der Waals surface area contributed by atoms with Gasteiger partial charge in [0.05, 0.1) is 0 Å². The number of amides is 1. The van der Waals surface area contributed by atoms with Gasteiger partial charge >= 0.3 is 0 Å². The highest BCUT2D eigenvalue weighted by molar-refractivity contribution is 6.09. The Morgan fingerprint density at radius 3 is 2.59 bits per heavy atom. The molecule has 3 N–H and O–H groups in total. The van der Waals surface area contributed by atoms with Gasteiger partial charge in [0.15, 0.2) is 0 Å². The van der Waals surface area contributed by atoms with Gasteiger partial charge in [-0.2, -0.15) is 0 Å². The predicted molar refractivity (Wildman–Crippen MR) is 156 cm³/mol. The molecule has 2 aliphatic heterocycles. The zero-order chi connectivity index (χ0) is 27.4. The van der Waals surface area contributed by atoms with E-state index in [4.69, 9.17) is 4.98 Å². The van der Waals surface area contributed by atoms with Crippen LogP contribution in [-0.2, 0) is 6.54 Å². The van der Waals surface area contributed by atoms with Gasteiger partial charge in [-0.25, -0.2) is 4.98 Å². The fourth-order valence-electron chi connectivity index (χ4n) is 6.29. The Bertz CT molecular complexity index is 1630. The van der Waals surface area contributed by atoms with Crippen molar-refractivity contribution in [1.29, 1.82) is 0 Å². The number of hydrogen-bond acceptors (Lipinski definition) is 5. The van der Waals surface area contributed by atoms with Crippen molar-refractivity contribution in [2.24, 2.45) is 0 Å². The number of benzene rings is 1. The summed E-state index contributed by atoms with van der Waals surface area (Å²) in [5.41, 5.74) is 6.66. The fraction of sp³-hybridized carbons (Fsp3) is 0.387. The number of piperazine rings is 1. The van der Waals surface area contributed by atoms with Crippen molar-refractivity contribution in [2.75, 3.05) is 18.0 Å². The molecular formula is C31H36N6O2. The van der Waals surface area contributed by atoms with E-state index >= 15 is 0 Å². The molecule has 1 aromatic carbocycles. The van der Waals surface area contributed by atoms with Gasteiger partial charge in [0.2, 0.25) is 0 Å². The number of rotatable bonds is 6. The van der Waals surface area contributed by atoms with Crippen LogP contribution in [0, 0.1) is 20.8 Å². The van der Waals surface area contributed by atoms with Crippen molar-refractivity contribution in [3.8, 4) is 11.1 Å². The minimum atomic E-state index is -0.198. The Morgan fingerprint density at radius 2 is 1.95 bits per heavy atom. The van der Waals surface area contributed by atoms with Crippen molar-refractivity contribution in [3.05, 3.63) is 81.0 Å². The smallest absolute Gasteiger partial charge is 0.253 e. The normalized spacial score (nSPS) is 18.5. The first-order valence-corrected chi connectivity index (χ1v) is 13.8. The zero-order valence-electron chi connectivity index (χ0n) is 23.3. The average molecular weight is 525 g/mol. The minimum Gasteiger partial charge on any atom is -0.351 e. The molecule has 0 spiro atoms. The SMILES string of the molecule is Cc1cc(C)c(CNC(=O)c2cc(-c3ccc(N4C[C@@H]5C[C@H]4CN5)nc3)cc3c2c(C)cn3C(C)C)c(=O)[nH]1. The summed E-state index contributed by atoms with van der Waals surface area (Å²) in [5, 5.41) is 7.50. The third kappa shape index (κ3) is 4.52. The number of H-pyrrole nitrogens is 1. The number of carbonyl (C=O) groups excluding carboxylic acids is 1. The average Bonchev–Trinajstić information content (AvgIpc) is 3.62. The summed E-state index contributed by atoms with van der Waals surface area (Å²) in [6, 6.07) is 11.6. The molecule has 1 amide bonds. The number of carbonyl (C=O) groups is 1. The topological polar surface area (TPSA) is 95.1 Å². The van der Waals surface area contributed by atoms with Gasteiger partial charge in [-0.1, -0.05) is 0 Å². The summed E-state index contributed by atoms with van der Waals surface area (Å²) in [7, 11) is 0. The van der Waals surface area contributed by atoms with Crippen molar-refractivity contribution in [2.45, 2.75) is 65.7 Å². The molecule has 202 valence electrons. The maximum Gasteiger partial charge on any atom is 0.253 e. The number of pyridine rings is 2. The molecule has 2 saturated heterocycles. The Balaban J connectivity index is 1.36. The van der Waals surface area contributed by atoms with E-state index in [1.807, 2.05) is 39.1 Å². The van der Waals surface area contributed by atoms with Crippen molar-refractivity contribution in [1.82, 2.24) is 25.2 Å². The lowest BCUT2D eigenvalue weighted by molar-refractivity contribution is 0.0952. The van der Waals surface area contributed by atoms with Gasteiger partial charge in [0, 0.05) is 83.4 Å². The van der Waals surface area contributed by atoms with Crippen molar-refractivity contribution < 1.29 is 4.79 Å². The quantitative estimate of drug-likeness (QED) is 0.348. The first-order valence-electron chi connectivity index (χ1n) is 13.8. The van der Waals surface area contributed by atoms with Crippen molar-refractivity contribution >= 4 is 22.6 Å². The summed E-state index contributed by atoms with van der Waals surface area (Å²) in [4.78, 5) is 36.3. The van der Waals surface area contributed by atoms with E-state index < -0.39 is 0 Å². The molecule has 0 aliphatic carbocycles. The van der Waals surface area contributed by atoms with Gasteiger partial charge < -0.3 is 25.1 Å². The number of hydrogen-bond donors (Lipinski definition) is 3. The lowest BCUT2D eigenvalue weighted by Gasteiger charge is -2.28. The van der Waals surface area contributed by atoms with Crippen LogP contribution >= 0.6 is 0 Å². The highest BCUT2D eigenvalue weighted by atomic mass is 16.1. The number of aryl methyl sites for hydroxylation is 3. The molecule has 0 radical (unpaired) electrons. The molecule has 8 heteroatoms. The molecule has 2 fully saturated rings. The third-order valence-corrected chi connectivity index (χ3v) is 8.28. The molecule has 39 heavy (non-hydrogen) atoms. The van der Waals surface area contributed by atoms with Crippen LogP contribution in [0.1, 0.15) is 59.1 Å². The number of aromatic nitrogens is 3. The van der Waals surface area contributed by atoms with Gasteiger partial charge in [0.1, 0.15) is 5.82 Å². The molecule has 4 aromatic rings. The minimum absolute atomic E-state index is 0.165. The molecule has 2 bridgehead atoms. The standard InChI is InChI=1S/C31H36N6O2/c1-17(2)36-15-19(4)29-25(30(38)34-14-26-18(3)8-20(5)35-31(26)39)9-22(10-27(29)36)21-6-7-28(33-12-21)37-16-23-11-24(37)13-32-23/h6-10,12,15,17,23-24,32H,11,13-14,16H2,1-5H3,(H,34,38)(H,35,39)/t23-,24-/m0/s1. The largest absolute Gasteiger partial charge is 0.351 e. The predicted octanol–water partition coefficient (Wildman–Crippen LogP) is 4.38.